The van der Waals surface area contributed by atoms with Gasteiger partial charge in [-0.1, -0.05) is 174 Å². The fourth-order valence-corrected chi connectivity index (χ4v) is 14.6. The highest BCUT2D eigenvalue weighted by molar-refractivity contribution is 8.34. The van der Waals surface area contributed by atoms with E-state index in [0.717, 1.165) is 70.5 Å². The van der Waals surface area contributed by atoms with Crippen LogP contribution in [0.5, 0.6) is 0 Å². The molecule has 0 aliphatic carbocycles. The molecule has 69 heavy (non-hydrogen) atoms. The van der Waals surface area contributed by atoms with Crippen molar-refractivity contribution < 1.29 is 0 Å². The number of pyridine rings is 1. The van der Waals surface area contributed by atoms with Crippen LogP contribution in [0.1, 0.15) is 0 Å². The van der Waals surface area contributed by atoms with E-state index in [1.54, 1.807) is 0 Å². The molecule has 1 aliphatic heterocycles. The van der Waals surface area contributed by atoms with Crippen molar-refractivity contribution in [1.82, 2.24) is 9.55 Å². The Bertz CT molecular complexity index is 3650. The Balaban J connectivity index is 1.18. The lowest BCUT2D eigenvalue weighted by atomic mass is 9.46. The van der Waals surface area contributed by atoms with Gasteiger partial charge in [0.1, 0.15) is 45.0 Å². The molecule has 0 N–H and O–H groups in total. The van der Waals surface area contributed by atoms with Gasteiger partial charge >= 0.3 is 6.85 Å². The molecule has 9 aromatic carbocycles. The Hall–Kier alpha value is -7.53. The second kappa shape index (κ2) is 17.2. The van der Waals surface area contributed by atoms with Crippen molar-refractivity contribution >= 4 is 128 Å². The number of fused-ring (bicyclic) bond motifs is 6. The number of rotatable bonds is 8. The number of hydrogen-bond donors (Lipinski definition) is 0. The number of nitrogens with zero attached hydrogens (tertiary/aromatic N) is 3. The Morgan fingerprint density at radius 2 is 0.928 bits per heavy atom. The molecular formula is C59H37B6N3S. The summed E-state index contributed by atoms with van der Waals surface area (Å²) in [5.74, 6) is 0.783. The first kappa shape index (κ1) is 42.8. The molecule has 0 amide bonds. The lowest BCUT2D eigenvalue weighted by Gasteiger charge is -2.45. The van der Waals surface area contributed by atoms with E-state index < -0.39 is 10.0 Å². The third-order valence-corrected chi connectivity index (χ3v) is 17.6. The van der Waals surface area contributed by atoms with Crippen molar-refractivity contribution in [3.8, 4) is 28.2 Å². The van der Waals surface area contributed by atoms with Crippen LogP contribution in [0.2, 0.25) is 0 Å². The Morgan fingerprint density at radius 3 is 1.57 bits per heavy atom. The predicted octanol–water partition coefficient (Wildman–Crippen LogP) is 8.08. The maximum absolute atomic E-state index is 7.16. The van der Waals surface area contributed by atoms with Gasteiger partial charge in [-0.3, -0.25) is 4.57 Å². The summed E-state index contributed by atoms with van der Waals surface area (Å²) >= 11 is 0. The van der Waals surface area contributed by atoms with Gasteiger partial charge < -0.3 is 4.81 Å². The third kappa shape index (κ3) is 6.79. The van der Waals surface area contributed by atoms with E-state index in [1.165, 1.54) is 16.5 Å². The van der Waals surface area contributed by atoms with Crippen LogP contribution in [-0.2, 0) is 0 Å². The van der Waals surface area contributed by atoms with Crippen molar-refractivity contribution in [2.24, 2.45) is 0 Å². The van der Waals surface area contributed by atoms with Crippen molar-refractivity contribution in [3.05, 3.63) is 224 Å². The van der Waals surface area contributed by atoms with Gasteiger partial charge in [-0.05, 0) is 76.6 Å². The summed E-state index contributed by atoms with van der Waals surface area (Å²) in [6.07, 6.45) is 0. The summed E-state index contributed by atoms with van der Waals surface area (Å²) < 4.78 is 2.30. The minimum Gasteiger partial charge on any atom is -0.376 e. The fourth-order valence-electron chi connectivity index (χ4n) is 10.5. The highest BCUT2D eigenvalue weighted by Gasteiger charge is 2.39. The second-order valence-corrected chi connectivity index (χ2v) is 20.4. The average Bonchev–Trinajstić information content (AvgIpc) is 3.75. The summed E-state index contributed by atoms with van der Waals surface area (Å²) in [6.45, 7) is -0.162. The van der Waals surface area contributed by atoms with Crippen LogP contribution in [0.15, 0.2) is 244 Å². The Morgan fingerprint density at radius 1 is 0.420 bits per heavy atom. The molecule has 2 aromatic heterocycles. The van der Waals surface area contributed by atoms with Crippen LogP contribution in [0.25, 0.3) is 50.0 Å². The molecule has 0 fully saturated rings. The topological polar surface area (TPSA) is 21.1 Å². The molecule has 10 radical (unpaired) electrons. The lowest BCUT2D eigenvalue weighted by molar-refractivity contribution is 1.08. The molecule has 1 aliphatic rings. The third-order valence-electron chi connectivity index (χ3n) is 13.6. The molecule has 0 bridgehead atoms. The predicted molar refractivity (Wildman–Crippen MR) is 296 cm³/mol. The first-order chi connectivity index (χ1) is 33.8. The van der Waals surface area contributed by atoms with Crippen LogP contribution < -0.4 is 43.1 Å². The summed E-state index contributed by atoms with van der Waals surface area (Å²) in [7, 11) is 31.8. The molecule has 3 nitrogen and oxygen atoms in total. The zero-order chi connectivity index (χ0) is 46.8. The standard InChI is InChI=1S/C59H37B6N3S/c60-54-55(61)57(63)59(58(64)56(54)62)69(41-22-6-2-7-23-41,42-24-8-3-9-25-42)43-26-18-19-38(35-43)49-36-40(37-53(66-49)67-50-32-15-11-29-46(50)47-30-12-16-33-51(47)67)68-52-34-17-13-28-45(52)44-27-10-14-31-48(44)65(68)39-20-4-1-5-21-39/h1-37H. The molecule has 0 atom stereocenters. The molecule has 3 heterocycles. The highest BCUT2D eigenvalue weighted by atomic mass is 32.3. The molecule has 11 aromatic rings. The quantitative estimate of drug-likeness (QED) is 0.144. The van der Waals surface area contributed by atoms with E-state index in [-0.39, 0.29) is 23.2 Å². The summed E-state index contributed by atoms with van der Waals surface area (Å²) in [5.41, 5.74) is 11.9. The SMILES string of the molecule is [B]c1c([B])c([B])c(S(c2ccccc2)(c2ccccc2)c2cccc(-c3cc(N4B(c5ccccc5)c5ccccc5-c5ccccc54)cc(-n4c5ccccc5c5ccccc54)n3)c2)c([B])c1[B]. The van der Waals surface area contributed by atoms with Crippen molar-refractivity contribution in [2.45, 2.75) is 19.6 Å². The average molecular weight is 885 g/mol. The van der Waals surface area contributed by atoms with Crippen LogP contribution in [0.4, 0.5) is 11.4 Å². The van der Waals surface area contributed by atoms with Gasteiger partial charge in [0.15, 0.2) is 0 Å². The van der Waals surface area contributed by atoms with E-state index in [0.29, 0.717) is 15.8 Å². The molecule has 0 spiro atoms. The van der Waals surface area contributed by atoms with Crippen LogP contribution >= 0.6 is 10.0 Å². The molecule has 0 saturated carbocycles. The normalized spacial score (nSPS) is 12.5. The molecule has 0 unspecified atom stereocenters. The van der Waals surface area contributed by atoms with E-state index in [2.05, 4.69) is 197 Å². The smallest absolute Gasteiger partial charge is 0.328 e. The van der Waals surface area contributed by atoms with E-state index in [9.17, 15) is 0 Å². The zero-order valence-electron chi connectivity index (χ0n) is 37.6. The van der Waals surface area contributed by atoms with Gasteiger partial charge in [-0.25, -0.2) is 4.98 Å². The lowest BCUT2D eigenvalue weighted by Crippen LogP contribution is -2.57. The van der Waals surface area contributed by atoms with Crippen molar-refractivity contribution in [1.29, 1.82) is 0 Å². The van der Waals surface area contributed by atoms with Crippen molar-refractivity contribution in [2.75, 3.05) is 4.81 Å². The minimum absolute atomic E-state index is 0.162. The first-order valence-electron chi connectivity index (χ1n) is 22.9. The Labute approximate surface area is 411 Å². The monoisotopic (exact) mass is 885 g/mol. The molecule has 0 saturated heterocycles. The van der Waals surface area contributed by atoms with Gasteiger partial charge in [-0.15, -0.1) is 26.4 Å². The highest BCUT2D eigenvalue weighted by Crippen LogP contribution is 2.72. The zero-order valence-corrected chi connectivity index (χ0v) is 38.4. The number of hydrogen-bond acceptors (Lipinski definition) is 2. The maximum atomic E-state index is 7.16. The van der Waals surface area contributed by atoms with E-state index >= 15 is 0 Å². The second-order valence-electron chi connectivity index (χ2n) is 17.4. The number of benzene rings is 9. The van der Waals surface area contributed by atoms with E-state index in [4.69, 9.17) is 44.2 Å². The fraction of sp³-hybridized carbons (Fsp3) is 0. The first-order valence-corrected chi connectivity index (χ1v) is 24.6. The van der Waals surface area contributed by atoms with Gasteiger partial charge in [0.25, 0.3) is 0 Å². The minimum atomic E-state index is -2.53. The number of para-hydroxylation sites is 3. The molecule has 10 heteroatoms. The van der Waals surface area contributed by atoms with Gasteiger partial charge in [-0.2, -0.15) is 0 Å². The van der Waals surface area contributed by atoms with Gasteiger partial charge in [0.05, 0.1) is 16.7 Å². The number of aromatic nitrogens is 2. The maximum Gasteiger partial charge on any atom is 0.328 e. The van der Waals surface area contributed by atoms with E-state index in [1.807, 2.05) is 36.4 Å². The Kier molecular flexibility index (Phi) is 10.7. The summed E-state index contributed by atoms with van der Waals surface area (Å²) in [5, 5.41) is 2.30. The van der Waals surface area contributed by atoms with Crippen LogP contribution in [0, 0.1) is 0 Å². The number of anilines is 2. The summed E-state index contributed by atoms with van der Waals surface area (Å²) in [4.78, 5) is 11.8. The van der Waals surface area contributed by atoms with Crippen LogP contribution in [-0.4, -0.2) is 55.6 Å². The van der Waals surface area contributed by atoms with Crippen LogP contribution in [0.3, 0.4) is 0 Å². The molecular weight excluding hydrogens is 848 g/mol. The van der Waals surface area contributed by atoms with Crippen molar-refractivity contribution in [3.63, 3.8) is 0 Å². The summed E-state index contributed by atoms with van der Waals surface area (Å²) in [6, 6.07) is 79.2. The largest absolute Gasteiger partial charge is 0.376 e. The molecule has 12 rings (SSSR count). The van der Waals surface area contributed by atoms with Gasteiger partial charge in [0, 0.05) is 54.0 Å². The molecule has 312 valence electrons. The van der Waals surface area contributed by atoms with Gasteiger partial charge in [0.2, 0.25) is 0 Å².